The van der Waals surface area contributed by atoms with Gasteiger partial charge >= 0.3 is 0 Å². The number of hydrogen-bond acceptors (Lipinski definition) is 3. The van der Waals surface area contributed by atoms with Crippen molar-refractivity contribution >= 4 is 5.91 Å². The molecule has 0 aliphatic heterocycles. The Morgan fingerprint density at radius 1 is 1.30 bits per heavy atom. The maximum absolute atomic E-state index is 12.0. The van der Waals surface area contributed by atoms with Crippen LogP contribution in [-0.2, 0) is 11.3 Å². The lowest BCUT2D eigenvalue weighted by Crippen LogP contribution is -2.38. The Morgan fingerprint density at radius 3 is 2.45 bits per heavy atom. The van der Waals surface area contributed by atoms with Crippen LogP contribution in [0.4, 0.5) is 0 Å². The van der Waals surface area contributed by atoms with E-state index >= 15 is 0 Å². The van der Waals surface area contributed by atoms with Crippen molar-refractivity contribution in [1.29, 1.82) is 5.26 Å². The first-order chi connectivity index (χ1) is 9.51. The van der Waals surface area contributed by atoms with E-state index in [9.17, 15) is 4.79 Å². The van der Waals surface area contributed by atoms with Crippen LogP contribution < -0.4 is 0 Å². The number of carbonyl (C=O) groups is 1. The van der Waals surface area contributed by atoms with Crippen LogP contribution in [0.5, 0.6) is 0 Å². The molecule has 1 aromatic carbocycles. The Morgan fingerprint density at radius 2 is 1.95 bits per heavy atom. The molecule has 0 spiro atoms. The summed E-state index contributed by atoms with van der Waals surface area (Å²) < 4.78 is 0. The van der Waals surface area contributed by atoms with Gasteiger partial charge in [-0.3, -0.25) is 9.69 Å². The number of benzene rings is 1. The van der Waals surface area contributed by atoms with Crippen LogP contribution in [0.15, 0.2) is 18.2 Å². The van der Waals surface area contributed by atoms with Crippen molar-refractivity contribution in [2.24, 2.45) is 0 Å². The normalized spacial score (nSPS) is 10.4. The van der Waals surface area contributed by atoms with Crippen LogP contribution in [0.2, 0.25) is 0 Å². The van der Waals surface area contributed by atoms with Crippen LogP contribution in [0.25, 0.3) is 0 Å². The molecule has 0 unspecified atom stereocenters. The van der Waals surface area contributed by atoms with Crippen molar-refractivity contribution in [1.82, 2.24) is 9.80 Å². The molecule has 0 saturated carbocycles. The molecule has 108 valence electrons. The molecule has 0 aromatic heterocycles. The van der Waals surface area contributed by atoms with Gasteiger partial charge in [0, 0.05) is 19.6 Å². The predicted octanol–water partition coefficient (Wildman–Crippen LogP) is 2.17. The summed E-state index contributed by atoms with van der Waals surface area (Å²) in [5.74, 6) is 0.156. The second-order valence-corrected chi connectivity index (χ2v) is 4.99. The second-order valence-electron chi connectivity index (χ2n) is 4.99. The van der Waals surface area contributed by atoms with E-state index in [2.05, 4.69) is 6.07 Å². The zero-order chi connectivity index (χ0) is 15.1. The molecule has 0 saturated heterocycles. The molecule has 0 heterocycles. The monoisotopic (exact) mass is 273 g/mol. The van der Waals surface area contributed by atoms with Gasteiger partial charge in [-0.05, 0) is 51.1 Å². The molecule has 0 atom stereocenters. The third kappa shape index (κ3) is 4.36. The van der Waals surface area contributed by atoms with E-state index in [0.29, 0.717) is 18.7 Å². The summed E-state index contributed by atoms with van der Waals surface area (Å²) in [6.07, 6.45) is 0. The van der Waals surface area contributed by atoms with Gasteiger partial charge in [-0.25, -0.2) is 0 Å². The maximum Gasteiger partial charge on any atom is 0.236 e. The molecular formula is C16H23N3O. The fourth-order valence-corrected chi connectivity index (χ4v) is 2.20. The van der Waals surface area contributed by atoms with Crippen molar-refractivity contribution in [2.45, 2.75) is 27.3 Å². The first-order valence-corrected chi connectivity index (χ1v) is 6.97. The molecule has 1 aromatic rings. The molecule has 1 amide bonds. The fraction of sp³-hybridized carbons (Fsp3) is 0.500. The van der Waals surface area contributed by atoms with Crippen molar-refractivity contribution in [3.63, 3.8) is 0 Å². The van der Waals surface area contributed by atoms with Gasteiger partial charge in [0.1, 0.15) is 0 Å². The standard InChI is InChI=1S/C16H23N3O/c1-5-19(6-2)16(20)12-18(4)11-15-8-7-14(10-17)9-13(15)3/h7-9H,5-6,11-12H2,1-4H3. The topological polar surface area (TPSA) is 47.3 Å². The average molecular weight is 273 g/mol. The lowest BCUT2D eigenvalue weighted by atomic mass is 10.1. The van der Waals surface area contributed by atoms with Gasteiger partial charge in [0.25, 0.3) is 0 Å². The first-order valence-electron chi connectivity index (χ1n) is 6.97. The molecule has 20 heavy (non-hydrogen) atoms. The highest BCUT2D eigenvalue weighted by Crippen LogP contribution is 2.12. The lowest BCUT2D eigenvalue weighted by molar-refractivity contribution is -0.131. The summed E-state index contributed by atoms with van der Waals surface area (Å²) in [4.78, 5) is 15.9. The quantitative estimate of drug-likeness (QED) is 0.798. The zero-order valence-electron chi connectivity index (χ0n) is 12.8. The van der Waals surface area contributed by atoms with Gasteiger partial charge in [-0.2, -0.15) is 5.26 Å². The minimum absolute atomic E-state index is 0.156. The van der Waals surface area contributed by atoms with Gasteiger partial charge in [0.2, 0.25) is 5.91 Å². The van der Waals surface area contributed by atoms with Crippen LogP contribution >= 0.6 is 0 Å². The number of amides is 1. The van der Waals surface area contributed by atoms with E-state index in [4.69, 9.17) is 5.26 Å². The number of carbonyl (C=O) groups excluding carboxylic acids is 1. The molecule has 4 nitrogen and oxygen atoms in total. The number of nitriles is 1. The van der Waals surface area contributed by atoms with Crippen molar-refractivity contribution < 1.29 is 4.79 Å². The Kier molecular flexibility index (Phi) is 6.20. The molecule has 0 bridgehead atoms. The summed E-state index contributed by atoms with van der Waals surface area (Å²) >= 11 is 0. The summed E-state index contributed by atoms with van der Waals surface area (Å²) in [6.45, 7) is 8.61. The number of aryl methyl sites for hydroxylation is 1. The van der Waals surface area contributed by atoms with Crippen molar-refractivity contribution in [2.75, 3.05) is 26.7 Å². The maximum atomic E-state index is 12.0. The first kappa shape index (κ1) is 16.2. The number of nitrogens with zero attached hydrogens (tertiary/aromatic N) is 3. The van der Waals surface area contributed by atoms with E-state index in [0.717, 1.165) is 24.2 Å². The minimum Gasteiger partial charge on any atom is -0.342 e. The summed E-state index contributed by atoms with van der Waals surface area (Å²) in [6, 6.07) is 7.81. The Hall–Kier alpha value is -1.86. The molecular weight excluding hydrogens is 250 g/mol. The second kappa shape index (κ2) is 7.66. The number of likely N-dealkylation sites (N-methyl/N-ethyl adjacent to an activating group) is 2. The Labute approximate surface area is 121 Å². The fourth-order valence-electron chi connectivity index (χ4n) is 2.20. The van der Waals surface area contributed by atoms with Gasteiger partial charge in [0.15, 0.2) is 0 Å². The lowest BCUT2D eigenvalue weighted by Gasteiger charge is -2.23. The highest BCUT2D eigenvalue weighted by molar-refractivity contribution is 5.78. The summed E-state index contributed by atoms with van der Waals surface area (Å²) in [5, 5.41) is 8.86. The summed E-state index contributed by atoms with van der Waals surface area (Å²) in [7, 11) is 1.94. The molecule has 1 rings (SSSR count). The van der Waals surface area contributed by atoms with Crippen LogP contribution in [-0.4, -0.2) is 42.4 Å². The molecule has 0 N–H and O–H groups in total. The molecule has 4 heteroatoms. The summed E-state index contributed by atoms with van der Waals surface area (Å²) in [5.41, 5.74) is 2.91. The van der Waals surface area contributed by atoms with E-state index in [1.165, 1.54) is 0 Å². The van der Waals surface area contributed by atoms with Crippen LogP contribution in [0.1, 0.15) is 30.5 Å². The Bertz CT molecular complexity index is 501. The van der Waals surface area contributed by atoms with Crippen LogP contribution in [0, 0.1) is 18.3 Å². The Balaban J connectivity index is 2.65. The van der Waals surface area contributed by atoms with E-state index in [-0.39, 0.29) is 5.91 Å². The zero-order valence-corrected chi connectivity index (χ0v) is 12.8. The van der Waals surface area contributed by atoms with Crippen LogP contribution in [0.3, 0.4) is 0 Å². The average Bonchev–Trinajstić information content (AvgIpc) is 2.42. The van der Waals surface area contributed by atoms with Gasteiger partial charge in [-0.15, -0.1) is 0 Å². The van der Waals surface area contributed by atoms with E-state index < -0.39 is 0 Å². The van der Waals surface area contributed by atoms with E-state index in [1.54, 1.807) is 0 Å². The number of rotatable bonds is 6. The SMILES string of the molecule is CCN(CC)C(=O)CN(C)Cc1ccc(C#N)cc1C. The van der Waals surface area contributed by atoms with Gasteiger partial charge < -0.3 is 4.90 Å². The molecule has 0 aliphatic rings. The molecule has 0 fully saturated rings. The highest BCUT2D eigenvalue weighted by atomic mass is 16.2. The predicted molar refractivity (Wildman–Crippen MR) is 80.2 cm³/mol. The minimum atomic E-state index is 0.156. The third-order valence-corrected chi connectivity index (χ3v) is 3.43. The van der Waals surface area contributed by atoms with E-state index in [1.807, 2.05) is 55.8 Å². The smallest absolute Gasteiger partial charge is 0.236 e. The molecule has 0 aliphatic carbocycles. The van der Waals surface area contributed by atoms with Crippen molar-refractivity contribution in [3.8, 4) is 6.07 Å². The highest BCUT2D eigenvalue weighted by Gasteiger charge is 2.13. The number of hydrogen-bond donors (Lipinski definition) is 0. The molecule has 0 radical (unpaired) electrons. The third-order valence-electron chi connectivity index (χ3n) is 3.43. The van der Waals surface area contributed by atoms with Crippen molar-refractivity contribution in [3.05, 3.63) is 34.9 Å². The largest absolute Gasteiger partial charge is 0.342 e. The van der Waals surface area contributed by atoms with Gasteiger partial charge in [0.05, 0.1) is 18.2 Å². The van der Waals surface area contributed by atoms with Gasteiger partial charge in [-0.1, -0.05) is 6.07 Å².